The van der Waals surface area contributed by atoms with Gasteiger partial charge in [0.1, 0.15) is 12.0 Å². The van der Waals surface area contributed by atoms with Crippen LogP contribution in [-0.2, 0) is 27.4 Å². The highest BCUT2D eigenvalue weighted by atomic mass is 16.6. The van der Waals surface area contributed by atoms with Crippen LogP contribution in [0.25, 0.3) is 0 Å². The minimum atomic E-state index is -0.420. The van der Waals surface area contributed by atoms with Crippen molar-refractivity contribution in [1.29, 1.82) is 0 Å². The standard InChI is InChI=1S/C24H27N3O4/c25-22-11-12-27(24(28)26-22)23-13-20(16-29-14-18-7-3-1-4-8-18)21(31-23)17-30-15-19-9-5-2-6-10-19/h1-12,20-21,23H,13-17H2,(H2,25,26,28)/t20-,21-,23-/m1/s1. The van der Waals surface area contributed by atoms with Crippen LogP contribution in [0.4, 0.5) is 5.82 Å². The first-order valence-electron chi connectivity index (χ1n) is 10.4. The Balaban J connectivity index is 1.39. The van der Waals surface area contributed by atoms with E-state index in [0.717, 1.165) is 11.1 Å². The lowest BCUT2D eigenvalue weighted by Gasteiger charge is -2.19. The molecule has 162 valence electrons. The highest BCUT2D eigenvalue weighted by Crippen LogP contribution is 2.33. The maximum atomic E-state index is 12.3. The molecule has 2 aromatic carbocycles. The topological polar surface area (TPSA) is 88.6 Å². The second-order valence-corrected chi connectivity index (χ2v) is 7.67. The molecular weight excluding hydrogens is 394 g/mol. The molecule has 1 saturated heterocycles. The van der Waals surface area contributed by atoms with Gasteiger partial charge in [-0.15, -0.1) is 0 Å². The Morgan fingerprint density at radius 1 is 0.935 bits per heavy atom. The molecule has 0 radical (unpaired) electrons. The Kier molecular flexibility index (Phi) is 7.09. The van der Waals surface area contributed by atoms with Gasteiger partial charge < -0.3 is 19.9 Å². The summed E-state index contributed by atoms with van der Waals surface area (Å²) >= 11 is 0. The zero-order valence-electron chi connectivity index (χ0n) is 17.3. The van der Waals surface area contributed by atoms with E-state index in [2.05, 4.69) is 4.98 Å². The predicted molar refractivity (Wildman–Crippen MR) is 117 cm³/mol. The molecule has 7 nitrogen and oxygen atoms in total. The second kappa shape index (κ2) is 10.3. The van der Waals surface area contributed by atoms with Gasteiger partial charge in [-0.3, -0.25) is 4.57 Å². The van der Waals surface area contributed by atoms with E-state index >= 15 is 0 Å². The number of hydrogen-bond acceptors (Lipinski definition) is 6. The SMILES string of the molecule is Nc1ccn([C@H]2C[C@H](COCc3ccccc3)[C@@H](COCc3ccccc3)O2)c(=O)n1. The van der Waals surface area contributed by atoms with E-state index in [4.69, 9.17) is 19.9 Å². The first-order valence-corrected chi connectivity index (χ1v) is 10.4. The van der Waals surface area contributed by atoms with Gasteiger partial charge >= 0.3 is 5.69 Å². The van der Waals surface area contributed by atoms with Crippen molar-refractivity contribution in [3.63, 3.8) is 0 Å². The Bertz CT molecular complexity index is 957. The van der Waals surface area contributed by atoms with Crippen LogP contribution >= 0.6 is 0 Å². The maximum Gasteiger partial charge on any atom is 0.351 e. The van der Waals surface area contributed by atoms with E-state index in [-0.39, 0.29) is 17.8 Å². The molecular formula is C24H27N3O4. The fraction of sp³-hybridized carbons (Fsp3) is 0.333. The predicted octanol–water partition coefficient (Wildman–Crippen LogP) is 3.16. The summed E-state index contributed by atoms with van der Waals surface area (Å²) in [5, 5.41) is 0. The van der Waals surface area contributed by atoms with Crippen LogP contribution in [0.15, 0.2) is 77.7 Å². The molecule has 1 aliphatic rings. The lowest BCUT2D eigenvalue weighted by molar-refractivity contribution is -0.0622. The number of benzene rings is 2. The van der Waals surface area contributed by atoms with E-state index < -0.39 is 11.9 Å². The zero-order chi connectivity index (χ0) is 21.5. The third-order valence-electron chi connectivity index (χ3n) is 5.36. The van der Waals surface area contributed by atoms with Crippen molar-refractivity contribution in [2.45, 2.75) is 32.0 Å². The summed E-state index contributed by atoms with van der Waals surface area (Å²) in [5.74, 6) is 0.290. The van der Waals surface area contributed by atoms with Crippen LogP contribution in [0.3, 0.4) is 0 Å². The molecule has 0 unspecified atom stereocenters. The molecule has 1 fully saturated rings. The third kappa shape index (κ3) is 5.79. The molecule has 0 spiro atoms. The number of nitrogens with two attached hydrogens (primary N) is 1. The van der Waals surface area contributed by atoms with Crippen molar-refractivity contribution in [2.75, 3.05) is 18.9 Å². The van der Waals surface area contributed by atoms with E-state index in [0.29, 0.717) is 32.8 Å². The minimum Gasteiger partial charge on any atom is -0.383 e. The number of aromatic nitrogens is 2. The zero-order valence-corrected chi connectivity index (χ0v) is 17.3. The lowest BCUT2D eigenvalue weighted by Crippen LogP contribution is -2.28. The number of anilines is 1. The summed E-state index contributed by atoms with van der Waals surface area (Å²) in [4.78, 5) is 16.1. The van der Waals surface area contributed by atoms with Crippen molar-refractivity contribution < 1.29 is 14.2 Å². The average Bonchev–Trinajstić information content (AvgIpc) is 3.18. The molecule has 1 aromatic heterocycles. The number of ether oxygens (including phenoxy) is 3. The normalized spacial score (nSPS) is 20.7. The monoisotopic (exact) mass is 421 g/mol. The van der Waals surface area contributed by atoms with Crippen molar-refractivity contribution in [2.24, 2.45) is 5.92 Å². The molecule has 0 aliphatic carbocycles. The molecule has 3 atom stereocenters. The van der Waals surface area contributed by atoms with Crippen LogP contribution < -0.4 is 11.4 Å². The largest absolute Gasteiger partial charge is 0.383 e. The first kappa shape index (κ1) is 21.2. The minimum absolute atomic E-state index is 0.0916. The summed E-state index contributed by atoms with van der Waals surface area (Å²) in [6, 6.07) is 21.7. The fourth-order valence-electron chi connectivity index (χ4n) is 3.72. The number of nitrogen functional groups attached to an aromatic ring is 1. The maximum absolute atomic E-state index is 12.3. The third-order valence-corrected chi connectivity index (χ3v) is 5.36. The van der Waals surface area contributed by atoms with Gasteiger partial charge in [0, 0.05) is 18.5 Å². The van der Waals surface area contributed by atoms with Crippen molar-refractivity contribution in [3.8, 4) is 0 Å². The van der Waals surface area contributed by atoms with Crippen LogP contribution in [0.1, 0.15) is 23.8 Å². The molecule has 0 amide bonds. The van der Waals surface area contributed by atoms with Crippen molar-refractivity contribution in [1.82, 2.24) is 9.55 Å². The molecule has 0 bridgehead atoms. The lowest BCUT2D eigenvalue weighted by atomic mass is 10.0. The van der Waals surface area contributed by atoms with Crippen LogP contribution in [0.5, 0.6) is 0 Å². The van der Waals surface area contributed by atoms with Crippen LogP contribution in [0.2, 0.25) is 0 Å². The second-order valence-electron chi connectivity index (χ2n) is 7.67. The quantitative estimate of drug-likeness (QED) is 0.571. The van der Waals surface area contributed by atoms with Crippen LogP contribution in [0, 0.1) is 5.92 Å². The van der Waals surface area contributed by atoms with E-state index in [1.54, 1.807) is 12.3 Å². The smallest absolute Gasteiger partial charge is 0.351 e. The average molecular weight is 421 g/mol. The van der Waals surface area contributed by atoms with Gasteiger partial charge in [0.25, 0.3) is 0 Å². The van der Waals surface area contributed by atoms with Gasteiger partial charge in [0.15, 0.2) is 0 Å². The van der Waals surface area contributed by atoms with Gasteiger partial charge in [0.2, 0.25) is 0 Å². The van der Waals surface area contributed by atoms with Gasteiger partial charge in [-0.25, -0.2) is 4.79 Å². The first-order chi connectivity index (χ1) is 15.2. The Morgan fingerprint density at radius 3 is 2.16 bits per heavy atom. The number of hydrogen-bond donors (Lipinski definition) is 1. The molecule has 0 saturated carbocycles. The molecule has 2 heterocycles. The summed E-state index contributed by atoms with van der Waals surface area (Å²) in [6.07, 6.45) is 1.66. The summed E-state index contributed by atoms with van der Waals surface area (Å²) in [6.45, 7) is 1.97. The van der Waals surface area contributed by atoms with Gasteiger partial charge in [-0.05, 0) is 17.2 Å². The molecule has 3 aromatic rings. The van der Waals surface area contributed by atoms with Gasteiger partial charge in [0.05, 0.1) is 32.5 Å². The Hall–Kier alpha value is -3.00. The molecule has 4 rings (SSSR count). The summed E-state index contributed by atoms with van der Waals surface area (Å²) < 4.78 is 19.6. The fourth-order valence-corrected chi connectivity index (χ4v) is 3.72. The number of nitrogens with zero attached hydrogens (tertiary/aromatic N) is 2. The van der Waals surface area contributed by atoms with Crippen LogP contribution in [-0.4, -0.2) is 28.9 Å². The molecule has 31 heavy (non-hydrogen) atoms. The summed E-state index contributed by atoms with van der Waals surface area (Å²) in [5.41, 5.74) is 7.42. The van der Waals surface area contributed by atoms with Crippen molar-refractivity contribution in [3.05, 3.63) is 94.5 Å². The van der Waals surface area contributed by atoms with E-state index in [9.17, 15) is 4.79 Å². The van der Waals surface area contributed by atoms with E-state index in [1.807, 2.05) is 60.7 Å². The highest BCUT2D eigenvalue weighted by molar-refractivity contribution is 5.23. The molecule has 2 N–H and O–H groups in total. The van der Waals surface area contributed by atoms with Gasteiger partial charge in [-0.2, -0.15) is 4.98 Å². The highest BCUT2D eigenvalue weighted by Gasteiger charge is 2.37. The summed E-state index contributed by atoms with van der Waals surface area (Å²) in [7, 11) is 0. The molecule has 7 heteroatoms. The number of rotatable bonds is 9. The Morgan fingerprint density at radius 2 is 1.55 bits per heavy atom. The van der Waals surface area contributed by atoms with Crippen molar-refractivity contribution >= 4 is 5.82 Å². The van der Waals surface area contributed by atoms with Gasteiger partial charge in [-0.1, -0.05) is 60.7 Å². The van der Waals surface area contributed by atoms with E-state index in [1.165, 1.54) is 4.57 Å². The molecule has 1 aliphatic heterocycles. The Labute approximate surface area is 181 Å².